The number of phenolic OH excluding ortho intramolecular Hbond substituents is 1. The number of aromatic nitrogens is 3. The van der Waals surface area contributed by atoms with Gasteiger partial charge in [0.05, 0.1) is 23.4 Å². The lowest BCUT2D eigenvalue weighted by atomic mass is 10.2. The highest BCUT2D eigenvalue weighted by molar-refractivity contribution is 9.10. The number of aromatic amines is 1. The summed E-state index contributed by atoms with van der Waals surface area (Å²) in [5, 5.41) is 20.8. The van der Waals surface area contributed by atoms with E-state index in [2.05, 4.69) is 31.2 Å². The number of hydrogen-bond acceptors (Lipinski definition) is 5. The van der Waals surface area contributed by atoms with E-state index in [4.69, 9.17) is 17.0 Å². The molecule has 2 aromatic carbocycles. The normalized spacial score (nSPS) is 11.2. The average molecular weight is 423 g/mol. The van der Waals surface area contributed by atoms with Crippen molar-refractivity contribution in [2.24, 2.45) is 5.10 Å². The van der Waals surface area contributed by atoms with Crippen molar-refractivity contribution in [3.05, 3.63) is 57.0 Å². The van der Waals surface area contributed by atoms with E-state index >= 15 is 0 Å². The number of methoxy groups -OCH3 is 1. The Morgan fingerprint density at radius 1 is 1.40 bits per heavy atom. The summed E-state index contributed by atoms with van der Waals surface area (Å²) < 4.78 is 21.1. The van der Waals surface area contributed by atoms with Crippen molar-refractivity contribution >= 4 is 34.4 Å². The minimum Gasteiger partial charge on any atom is -0.503 e. The van der Waals surface area contributed by atoms with E-state index in [-0.39, 0.29) is 21.9 Å². The molecular formula is C16H12BrFN4O2S. The highest BCUT2D eigenvalue weighted by Crippen LogP contribution is 2.34. The minimum atomic E-state index is -0.429. The molecule has 0 aliphatic heterocycles. The van der Waals surface area contributed by atoms with Gasteiger partial charge in [-0.15, -0.1) is 0 Å². The third kappa shape index (κ3) is 3.47. The fourth-order valence-electron chi connectivity index (χ4n) is 2.16. The molecule has 0 amide bonds. The second-order valence-corrected chi connectivity index (χ2v) is 6.18. The molecule has 3 aromatic rings. The maximum absolute atomic E-state index is 14.0. The largest absolute Gasteiger partial charge is 0.503 e. The quantitative estimate of drug-likeness (QED) is 0.490. The van der Waals surface area contributed by atoms with Crippen LogP contribution in [0.15, 0.2) is 46.0 Å². The Morgan fingerprint density at radius 2 is 2.16 bits per heavy atom. The van der Waals surface area contributed by atoms with Crippen LogP contribution in [0.1, 0.15) is 5.56 Å². The van der Waals surface area contributed by atoms with E-state index < -0.39 is 5.82 Å². The van der Waals surface area contributed by atoms with Crippen LogP contribution in [0.25, 0.3) is 11.4 Å². The number of halogens is 2. The summed E-state index contributed by atoms with van der Waals surface area (Å²) in [6.07, 6.45) is 1.50. The van der Waals surface area contributed by atoms with Crippen molar-refractivity contribution in [3.63, 3.8) is 0 Å². The Bertz CT molecular complexity index is 1020. The molecular weight excluding hydrogens is 411 g/mol. The molecule has 0 fully saturated rings. The predicted octanol–water partition coefficient (Wildman–Crippen LogP) is 4.11. The summed E-state index contributed by atoms with van der Waals surface area (Å²) in [5.41, 5.74) is 0.917. The van der Waals surface area contributed by atoms with Gasteiger partial charge in [0.15, 0.2) is 17.3 Å². The van der Waals surface area contributed by atoms with E-state index in [1.807, 2.05) is 0 Å². The van der Waals surface area contributed by atoms with Crippen LogP contribution in [0.3, 0.4) is 0 Å². The third-order valence-electron chi connectivity index (χ3n) is 3.36. The molecule has 128 valence electrons. The first-order chi connectivity index (χ1) is 12.0. The predicted molar refractivity (Wildman–Crippen MR) is 98.2 cm³/mol. The first-order valence-corrected chi connectivity index (χ1v) is 8.24. The van der Waals surface area contributed by atoms with Gasteiger partial charge in [0.1, 0.15) is 5.82 Å². The highest BCUT2D eigenvalue weighted by atomic mass is 79.9. The molecule has 0 aliphatic carbocycles. The fraction of sp³-hybridized carbons (Fsp3) is 0.0625. The number of ether oxygens (including phenoxy) is 1. The number of benzene rings is 2. The number of H-pyrrole nitrogens is 1. The monoisotopic (exact) mass is 422 g/mol. The first kappa shape index (κ1) is 17.3. The molecule has 1 aromatic heterocycles. The van der Waals surface area contributed by atoms with Crippen LogP contribution in [-0.4, -0.2) is 33.3 Å². The topological polar surface area (TPSA) is 75.4 Å². The van der Waals surface area contributed by atoms with Crippen molar-refractivity contribution < 1.29 is 14.2 Å². The van der Waals surface area contributed by atoms with Crippen molar-refractivity contribution in [1.82, 2.24) is 14.9 Å². The summed E-state index contributed by atoms with van der Waals surface area (Å²) in [5.74, 6) is 0.110. The lowest BCUT2D eigenvalue weighted by Gasteiger charge is -2.06. The van der Waals surface area contributed by atoms with Gasteiger partial charge >= 0.3 is 0 Å². The molecule has 0 unspecified atom stereocenters. The summed E-state index contributed by atoms with van der Waals surface area (Å²) in [6, 6.07) is 9.49. The van der Waals surface area contributed by atoms with Gasteiger partial charge in [-0.2, -0.15) is 14.9 Å². The molecule has 25 heavy (non-hydrogen) atoms. The molecule has 0 atom stereocenters. The molecule has 3 rings (SSSR count). The summed E-state index contributed by atoms with van der Waals surface area (Å²) in [6.45, 7) is 0. The standard InChI is InChI=1S/C16H12BrFN4O2S/c1-24-13-7-9(6-11(17)14(13)23)8-19-22-15(20-21-16(22)25)10-4-2-3-5-12(10)18/h2-8,23H,1H3,(H,21,25)/b19-8+. The second kappa shape index (κ2) is 7.16. The number of hydrogen-bond donors (Lipinski definition) is 2. The molecule has 6 nitrogen and oxygen atoms in total. The molecule has 0 saturated heterocycles. The van der Waals surface area contributed by atoms with Gasteiger partial charge in [0.2, 0.25) is 4.77 Å². The van der Waals surface area contributed by atoms with Crippen LogP contribution in [0.5, 0.6) is 11.5 Å². The molecule has 9 heteroatoms. The van der Waals surface area contributed by atoms with Gasteiger partial charge in [-0.3, -0.25) is 0 Å². The van der Waals surface area contributed by atoms with Crippen molar-refractivity contribution in [3.8, 4) is 22.9 Å². The summed E-state index contributed by atoms with van der Waals surface area (Å²) in [7, 11) is 1.45. The lowest BCUT2D eigenvalue weighted by Crippen LogP contribution is -1.97. The zero-order valence-corrected chi connectivity index (χ0v) is 15.3. The van der Waals surface area contributed by atoms with E-state index in [0.29, 0.717) is 15.8 Å². The van der Waals surface area contributed by atoms with Crippen LogP contribution in [-0.2, 0) is 0 Å². The number of nitrogens with one attached hydrogen (secondary N) is 1. The van der Waals surface area contributed by atoms with Crippen LogP contribution in [0.4, 0.5) is 4.39 Å². The van der Waals surface area contributed by atoms with E-state index in [9.17, 15) is 9.50 Å². The molecule has 0 spiro atoms. The smallest absolute Gasteiger partial charge is 0.216 e. The zero-order chi connectivity index (χ0) is 18.0. The minimum absolute atomic E-state index is 0.00776. The van der Waals surface area contributed by atoms with Crippen LogP contribution in [0.2, 0.25) is 0 Å². The third-order valence-corrected chi connectivity index (χ3v) is 4.23. The Morgan fingerprint density at radius 3 is 2.88 bits per heavy atom. The molecule has 2 N–H and O–H groups in total. The zero-order valence-electron chi connectivity index (χ0n) is 12.9. The maximum atomic E-state index is 14.0. The second-order valence-electron chi connectivity index (χ2n) is 4.94. The molecule has 1 heterocycles. The maximum Gasteiger partial charge on any atom is 0.216 e. The first-order valence-electron chi connectivity index (χ1n) is 7.04. The van der Waals surface area contributed by atoms with Crippen molar-refractivity contribution in [1.29, 1.82) is 0 Å². The number of phenols is 1. The van der Waals surface area contributed by atoms with Gasteiger partial charge in [-0.25, -0.2) is 9.49 Å². The Balaban J connectivity index is 2.04. The Labute approximate surface area is 155 Å². The molecule has 0 radical (unpaired) electrons. The number of aromatic hydroxyl groups is 1. The Kier molecular flexibility index (Phi) is 4.95. The van der Waals surface area contributed by atoms with Gasteiger partial charge in [-0.1, -0.05) is 12.1 Å². The van der Waals surface area contributed by atoms with E-state index in [0.717, 1.165) is 0 Å². The molecule has 0 saturated carbocycles. The van der Waals surface area contributed by atoms with E-state index in [1.165, 1.54) is 24.1 Å². The van der Waals surface area contributed by atoms with Gasteiger partial charge < -0.3 is 9.84 Å². The van der Waals surface area contributed by atoms with Crippen molar-refractivity contribution in [2.45, 2.75) is 0 Å². The summed E-state index contributed by atoms with van der Waals surface area (Å²) in [4.78, 5) is 0. The fourth-order valence-corrected chi connectivity index (χ4v) is 2.80. The van der Waals surface area contributed by atoms with Crippen molar-refractivity contribution in [2.75, 3.05) is 7.11 Å². The summed E-state index contributed by atoms with van der Waals surface area (Å²) >= 11 is 8.41. The lowest BCUT2D eigenvalue weighted by molar-refractivity contribution is 0.372. The van der Waals surface area contributed by atoms with Gasteiger partial charge in [0, 0.05) is 0 Å². The van der Waals surface area contributed by atoms with Gasteiger partial charge in [0.25, 0.3) is 0 Å². The molecule has 0 aliphatic rings. The van der Waals surface area contributed by atoms with Gasteiger partial charge in [-0.05, 0) is 58.0 Å². The number of rotatable bonds is 4. The number of nitrogens with zero attached hydrogens (tertiary/aromatic N) is 3. The van der Waals surface area contributed by atoms with Crippen LogP contribution >= 0.6 is 28.1 Å². The SMILES string of the molecule is COc1cc(/C=N/n2c(-c3ccccc3F)n[nH]c2=S)cc(Br)c1O. The van der Waals surface area contributed by atoms with Crippen LogP contribution < -0.4 is 4.74 Å². The van der Waals surface area contributed by atoms with E-state index in [1.54, 1.807) is 30.3 Å². The van der Waals surface area contributed by atoms with Crippen LogP contribution in [0, 0.1) is 10.6 Å². The molecule has 0 bridgehead atoms. The average Bonchev–Trinajstić information content (AvgIpc) is 2.96. The Hall–Kier alpha value is -2.52. The highest BCUT2D eigenvalue weighted by Gasteiger charge is 2.12.